The van der Waals surface area contributed by atoms with E-state index in [2.05, 4.69) is 18.3 Å². The lowest BCUT2D eigenvalue weighted by Crippen LogP contribution is -2.24. The lowest BCUT2D eigenvalue weighted by atomic mass is 9.85. The fraction of sp³-hybridized carbons (Fsp3) is 0.227. The maximum absolute atomic E-state index is 12.6. The maximum Gasteiger partial charge on any atom is 0.231 e. The summed E-state index contributed by atoms with van der Waals surface area (Å²) in [6, 6.07) is 12.0. The van der Waals surface area contributed by atoms with Gasteiger partial charge in [0.2, 0.25) is 17.8 Å². The summed E-state index contributed by atoms with van der Waals surface area (Å²) in [5, 5.41) is 8.53. The lowest BCUT2D eigenvalue weighted by Gasteiger charge is -2.24. The molecule has 150 valence electrons. The molecule has 8 heteroatoms. The fourth-order valence-corrected chi connectivity index (χ4v) is 5.23. The van der Waals surface area contributed by atoms with E-state index in [1.54, 1.807) is 16.0 Å². The molecule has 2 aliphatic heterocycles. The van der Waals surface area contributed by atoms with Crippen molar-refractivity contribution in [3.05, 3.63) is 58.8 Å². The number of aryl methyl sites for hydroxylation is 2. The summed E-state index contributed by atoms with van der Waals surface area (Å²) in [5.74, 6) is 2.00. The number of anilines is 1. The summed E-state index contributed by atoms with van der Waals surface area (Å²) in [6.45, 7) is 4.27. The number of carbonyl (C=O) groups excluding carboxylic acids is 1. The van der Waals surface area contributed by atoms with Gasteiger partial charge < -0.3 is 14.8 Å². The van der Waals surface area contributed by atoms with Crippen LogP contribution in [0.5, 0.6) is 11.5 Å². The van der Waals surface area contributed by atoms with Crippen molar-refractivity contribution in [2.45, 2.75) is 26.2 Å². The van der Waals surface area contributed by atoms with Gasteiger partial charge in [-0.25, -0.2) is 4.98 Å². The van der Waals surface area contributed by atoms with E-state index in [-0.39, 0.29) is 18.6 Å². The van der Waals surface area contributed by atoms with E-state index in [4.69, 9.17) is 19.6 Å². The average molecular weight is 418 g/mol. The molecule has 7 nitrogen and oxygen atoms in total. The molecule has 6 rings (SSSR count). The third-order valence-corrected chi connectivity index (χ3v) is 6.61. The highest BCUT2D eigenvalue weighted by molar-refractivity contribution is 7.20. The zero-order chi connectivity index (χ0) is 20.4. The second-order valence-electron chi connectivity index (χ2n) is 7.64. The topological polar surface area (TPSA) is 78.3 Å². The van der Waals surface area contributed by atoms with Crippen molar-refractivity contribution in [1.29, 1.82) is 0 Å². The normalized spacial score (nSPS) is 17.3. The Kier molecular flexibility index (Phi) is 3.67. The van der Waals surface area contributed by atoms with E-state index in [0.717, 1.165) is 37.9 Å². The molecule has 0 aliphatic carbocycles. The van der Waals surface area contributed by atoms with Crippen molar-refractivity contribution in [1.82, 2.24) is 14.8 Å². The predicted octanol–water partition coefficient (Wildman–Crippen LogP) is 4.30. The minimum atomic E-state index is -0.103. The molecule has 4 heterocycles. The highest BCUT2D eigenvalue weighted by Gasteiger charge is 2.34. The van der Waals surface area contributed by atoms with Crippen LogP contribution in [0, 0.1) is 13.8 Å². The Hall–Kier alpha value is -3.39. The Bertz CT molecular complexity index is 1340. The van der Waals surface area contributed by atoms with Crippen LogP contribution in [0.2, 0.25) is 0 Å². The number of aromatic nitrogens is 3. The van der Waals surface area contributed by atoms with Crippen LogP contribution >= 0.6 is 11.3 Å². The Balaban J connectivity index is 1.49. The first kappa shape index (κ1) is 17.5. The van der Waals surface area contributed by atoms with Crippen LogP contribution in [0.25, 0.3) is 15.3 Å². The molecule has 1 amide bonds. The number of carbonyl (C=O) groups is 1. The van der Waals surface area contributed by atoms with Crippen LogP contribution in [0.3, 0.4) is 0 Å². The first-order chi connectivity index (χ1) is 14.6. The predicted molar refractivity (Wildman–Crippen MR) is 114 cm³/mol. The van der Waals surface area contributed by atoms with Gasteiger partial charge in [-0.05, 0) is 49.2 Å². The number of rotatable bonds is 2. The molecule has 2 aliphatic rings. The van der Waals surface area contributed by atoms with E-state index in [1.165, 1.54) is 5.56 Å². The minimum absolute atomic E-state index is 0.0386. The molecule has 0 radical (unpaired) electrons. The first-order valence-corrected chi connectivity index (χ1v) is 10.5. The second kappa shape index (κ2) is 6.30. The van der Waals surface area contributed by atoms with Gasteiger partial charge in [-0.15, -0.1) is 0 Å². The molecule has 0 unspecified atom stereocenters. The summed E-state index contributed by atoms with van der Waals surface area (Å²) < 4.78 is 13.8. The highest BCUT2D eigenvalue weighted by atomic mass is 32.1. The molecule has 2 aromatic carbocycles. The second-order valence-corrected chi connectivity index (χ2v) is 8.65. The summed E-state index contributed by atoms with van der Waals surface area (Å²) in [6.07, 6.45) is 0.359. The van der Waals surface area contributed by atoms with Crippen molar-refractivity contribution in [2.75, 3.05) is 12.1 Å². The summed E-state index contributed by atoms with van der Waals surface area (Å²) in [7, 11) is 0. The number of nitrogens with zero attached hydrogens (tertiary/aromatic N) is 3. The van der Waals surface area contributed by atoms with Crippen LogP contribution in [0.15, 0.2) is 36.4 Å². The SMILES string of the molecule is Cc1ccc2nc(-n3nc(C)c4c3NC(=O)C[C@@H]4c3ccc4c(c3)OCO4)sc2c1. The van der Waals surface area contributed by atoms with Gasteiger partial charge in [-0.1, -0.05) is 23.5 Å². The standard InChI is InChI=1S/C22H18N4O3S/c1-11-3-5-15-18(7-11)30-22(23-15)26-21-20(12(2)25-26)14(9-19(27)24-21)13-4-6-16-17(8-13)29-10-28-16/h3-8,14H,9-10H2,1-2H3,(H,24,27)/t14-/m1/s1. The number of ether oxygens (including phenoxy) is 2. The lowest BCUT2D eigenvalue weighted by molar-refractivity contribution is -0.116. The molecular formula is C22H18N4O3S. The Morgan fingerprint density at radius 3 is 2.90 bits per heavy atom. The molecule has 0 spiro atoms. The third-order valence-electron chi connectivity index (χ3n) is 5.62. The largest absolute Gasteiger partial charge is 0.454 e. The number of thiazole rings is 1. The monoisotopic (exact) mass is 418 g/mol. The maximum atomic E-state index is 12.6. The number of benzene rings is 2. The van der Waals surface area contributed by atoms with E-state index in [9.17, 15) is 4.79 Å². The smallest absolute Gasteiger partial charge is 0.231 e. The van der Waals surface area contributed by atoms with E-state index in [0.29, 0.717) is 18.0 Å². The zero-order valence-electron chi connectivity index (χ0n) is 16.4. The van der Waals surface area contributed by atoms with Gasteiger partial charge in [-0.3, -0.25) is 4.79 Å². The van der Waals surface area contributed by atoms with Crippen LogP contribution in [-0.2, 0) is 4.79 Å². The van der Waals surface area contributed by atoms with Crippen LogP contribution in [0.1, 0.15) is 34.7 Å². The van der Waals surface area contributed by atoms with Gasteiger partial charge in [-0.2, -0.15) is 9.78 Å². The van der Waals surface area contributed by atoms with Crippen molar-refractivity contribution >= 4 is 33.3 Å². The Morgan fingerprint density at radius 2 is 2.00 bits per heavy atom. The van der Waals surface area contributed by atoms with Gasteiger partial charge in [0, 0.05) is 17.9 Å². The van der Waals surface area contributed by atoms with Crippen molar-refractivity contribution in [2.24, 2.45) is 0 Å². The fourth-order valence-electron chi connectivity index (χ4n) is 4.21. The minimum Gasteiger partial charge on any atom is -0.454 e. The number of nitrogens with one attached hydrogen (secondary N) is 1. The summed E-state index contributed by atoms with van der Waals surface area (Å²) >= 11 is 1.57. The number of hydrogen-bond donors (Lipinski definition) is 1. The summed E-state index contributed by atoms with van der Waals surface area (Å²) in [4.78, 5) is 17.4. The van der Waals surface area contributed by atoms with Crippen molar-refractivity contribution in [3.63, 3.8) is 0 Å². The number of hydrogen-bond acceptors (Lipinski definition) is 6. The van der Waals surface area contributed by atoms with Crippen LogP contribution < -0.4 is 14.8 Å². The summed E-state index contributed by atoms with van der Waals surface area (Å²) in [5.41, 5.74) is 5.02. The van der Waals surface area contributed by atoms with Gasteiger partial charge in [0.25, 0.3) is 0 Å². The van der Waals surface area contributed by atoms with Crippen molar-refractivity contribution < 1.29 is 14.3 Å². The average Bonchev–Trinajstić information content (AvgIpc) is 3.43. The molecule has 0 fully saturated rings. The van der Waals surface area contributed by atoms with Crippen LogP contribution in [0.4, 0.5) is 5.82 Å². The molecule has 2 aromatic heterocycles. The van der Waals surface area contributed by atoms with E-state index >= 15 is 0 Å². The van der Waals surface area contributed by atoms with E-state index < -0.39 is 0 Å². The molecule has 0 bridgehead atoms. The number of amides is 1. The molecular weight excluding hydrogens is 400 g/mol. The molecule has 1 N–H and O–H groups in total. The van der Waals surface area contributed by atoms with Crippen LogP contribution in [-0.4, -0.2) is 27.5 Å². The molecule has 0 saturated carbocycles. The molecule has 4 aromatic rings. The Morgan fingerprint density at radius 1 is 1.13 bits per heavy atom. The van der Waals surface area contributed by atoms with Gasteiger partial charge in [0.1, 0.15) is 5.82 Å². The quantitative estimate of drug-likeness (QED) is 0.525. The van der Waals surface area contributed by atoms with Gasteiger partial charge >= 0.3 is 0 Å². The van der Waals surface area contributed by atoms with E-state index in [1.807, 2.05) is 37.3 Å². The Labute approximate surface area is 176 Å². The first-order valence-electron chi connectivity index (χ1n) is 9.73. The highest BCUT2D eigenvalue weighted by Crippen LogP contribution is 2.43. The molecule has 0 saturated heterocycles. The van der Waals surface area contributed by atoms with Crippen molar-refractivity contribution in [3.8, 4) is 16.6 Å². The van der Waals surface area contributed by atoms with Gasteiger partial charge in [0.15, 0.2) is 11.5 Å². The molecule has 1 atom stereocenters. The third kappa shape index (κ3) is 2.60. The van der Waals surface area contributed by atoms with Gasteiger partial charge in [0.05, 0.1) is 15.9 Å². The molecule has 30 heavy (non-hydrogen) atoms. The number of fused-ring (bicyclic) bond motifs is 3. The zero-order valence-corrected chi connectivity index (χ0v) is 17.2.